The maximum absolute atomic E-state index is 11.2. The van der Waals surface area contributed by atoms with E-state index in [2.05, 4.69) is 4.74 Å². The van der Waals surface area contributed by atoms with Gasteiger partial charge in [-0.25, -0.2) is 9.59 Å². The second-order valence-electron chi connectivity index (χ2n) is 1.64. The van der Waals surface area contributed by atoms with Crippen LogP contribution in [0.25, 0.3) is 0 Å². The molecule has 0 bridgehead atoms. The van der Waals surface area contributed by atoms with E-state index in [1.165, 1.54) is 0 Å². The van der Waals surface area contributed by atoms with E-state index in [0.29, 0.717) is 0 Å². The molecule has 0 rings (SSSR count). The summed E-state index contributed by atoms with van der Waals surface area (Å²) in [6.07, 6.45) is -3.53. The summed E-state index contributed by atoms with van der Waals surface area (Å²) in [4.78, 5) is 29.1. The smallest absolute Gasteiger partial charge is 0.539 e. The number of rotatable bonds is 1. The predicted molar refractivity (Wildman–Crippen MR) is 34.5 cm³/mol. The average molecular weight is 236 g/mol. The van der Waals surface area contributed by atoms with Crippen LogP contribution in [0.4, 0.5) is 8.78 Å². The molecule has 0 fully saturated rings. The maximum Gasteiger partial charge on any atom is 1.00 e. The molecule has 0 radical (unpaired) electrons. The van der Waals surface area contributed by atoms with Gasteiger partial charge in [-0.15, -0.1) is 0 Å². The minimum absolute atomic E-state index is 0. The molecule has 0 aliphatic heterocycles. The first-order chi connectivity index (χ1) is 6.68. The number of hydrogen-bond acceptors (Lipinski definition) is 8. The van der Waals surface area contributed by atoms with E-state index in [9.17, 15) is 28.3 Å². The third-order valence-corrected chi connectivity index (χ3v) is 0.538. The van der Waals surface area contributed by atoms with Crippen molar-refractivity contribution >= 4 is 25.2 Å². The fraction of sp³-hybridized carbons (Fsp3) is 0.250. The van der Waals surface area contributed by atoms with Crippen molar-refractivity contribution in [2.45, 2.75) is 6.43 Å². The van der Waals surface area contributed by atoms with Crippen molar-refractivity contribution in [1.29, 1.82) is 0 Å². The minimum atomic E-state index is -3.53. The van der Waals surface area contributed by atoms with E-state index in [4.69, 9.17) is 15.1 Å². The van der Waals surface area contributed by atoms with E-state index in [0.717, 1.165) is 0 Å². The summed E-state index contributed by atoms with van der Waals surface area (Å²) in [6, 6.07) is 0. The molecule has 0 unspecified atom stereocenters. The zero-order valence-electron chi connectivity index (χ0n) is 7.79. The number of aliphatic carboxylic acids is 1. The van der Waals surface area contributed by atoms with Crippen molar-refractivity contribution in [2.24, 2.45) is 0 Å². The summed E-state index contributed by atoms with van der Waals surface area (Å²) in [5, 5.41) is 31.0. The molecule has 0 aromatic rings. The average Bonchev–Trinajstić information content (AvgIpc) is 2.02. The third-order valence-electron chi connectivity index (χ3n) is 0.538. The van der Waals surface area contributed by atoms with Gasteiger partial charge in [0.05, 0.1) is 0 Å². The minimum Gasteiger partial charge on any atom is -0.539 e. The van der Waals surface area contributed by atoms with Crippen molar-refractivity contribution < 1.29 is 66.9 Å². The van der Waals surface area contributed by atoms with Gasteiger partial charge in [-0.05, 0) is 0 Å². The molecule has 0 heterocycles. The fourth-order valence-electron chi connectivity index (χ4n) is 0.178. The molecular weight excluding hydrogens is 232 g/mol. The van der Waals surface area contributed by atoms with Gasteiger partial charge in [0.2, 0.25) is 0 Å². The Kier molecular flexibility index (Phi) is 13.4. The number of ether oxygens (including phenoxy) is 1. The van der Waals surface area contributed by atoms with Gasteiger partial charge < -0.3 is 29.7 Å². The van der Waals surface area contributed by atoms with E-state index in [1.54, 1.807) is 0 Å². The zero-order valence-corrected chi connectivity index (χ0v) is 7.79. The molecule has 0 atom stereocenters. The number of carbonyl (C=O) groups excluding carboxylic acids is 3. The summed E-state index contributed by atoms with van der Waals surface area (Å²) in [7, 11) is -2.17. The number of carboxylic acid groups (broad SMARTS) is 1. The molecule has 16 heavy (non-hydrogen) atoms. The van der Waals surface area contributed by atoms with Gasteiger partial charge in [-0.2, -0.15) is 8.78 Å². The number of alkyl halides is 2. The number of halogens is 2. The summed E-state index contributed by atoms with van der Waals surface area (Å²) in [5.41, 5.74) is 0. The molecule has 0 aliphatic carbocycles. The van der Waals surface area contributed by atoms with E-state index < -0.39 is 31.7 Å². The number of esters is 2. The molecule has 12 heteroatoms. The Morgan fingerprint density at radius 2 is 1.50 bits per heavy atom. The Labute approximate surface area is 99.2 Å². The number of carboxylic acids is 1. The van der Waals surface area contributed by atoms with Gasteiger partial charge in [-0.3, -0.25) is 0 Å². The Balaban J connectivity index is -0.000000292. The van der Waals surface area contributed by atoms with Crippen molar-refractivity contribution in [3.63, 3.8) is 0 Å². The van der Waals surface area contributed by atoms with Crippen LogP contribution in [0.2, 0.25) is 0 Å². The molecule has 0 saturated heterocycles. The van der Waals surface area contributed by atoms with Crippen molar-refractivity contribution in [2.75, 3.05) is 0 Å². The molecule has 0 aromatic carbocycles. The van der Waals surface area contributed by atoms with Gasteiger partial charge in [0.25, 0.3) is 0 Å². The molecule has 0 spiro atoms. The van der Waals surface area contributed by atoms with Crippen LogP contribution in [0, 0.1) is 0 Å². The maximum atomic E-state index is 11.2. The van der Waals surface area contributed by atoms with Crippen LogP contribution in [0.1, 0.15) is 0 Å². The van der Waals surface area contributed by atoms with Gasteiger partial charge in [0.15, 0.2) is 5.97 Å². The predicted octanol–water partition coefficient (Wildman–Crippen LogP) is -6.98. The summed E-state index contributed by atoms with van der Waals surface area (Å²) in [5.74, 6) is -6.69. The van der Waals surface area contributed by atoms with Crippen molar-refractivity contribution in [1.82, 2.24) is 0 Å². The largest absolute Gasteiger partial charge is 1.00 e. The Hall–Kier alpha value is -0.988. The molecule has 3 N–H and O–H groups in total. The van der Waals surface area contributed by atoms with Crippen LogP contribution in [0.3, 0.4) is 0 Å². The SMILES string of the molecule is O=C([O-])C(=O)OC(=O)C(F)F.OB(O)O.[Li+]. The second kappa shape index (κ2) is 10.5. The molecular formula is C4H4BF2LiO8. The summed E-state index contributed by atoms with van der Waals surface area (Å²) < 4.78 is 25.5. The first-order valence-electron chi connectivity index (χ1n) is 2.97. The van der Waals surface area contributed by atoms with Crippen LogP contribution in [0.5, 0.6) is 0 Å². The standard InChI is InChI=1S/C4H2F2O5.BH3O3.Li/c5-1(6)3(9)11-4(10)2(7)8;2-1(3)4;/h1H,(H,7,8);2-4H;/q;;+1/p-1. The Morgan fingerprint density at radius 3 is 1.69 bits per heavy atom. The molecule has 0 aliphatic rings. The zero-order chi connectivity index (χ0) is 12.6. The van der Waals surface area contributed by atoms with E-state index >= 15 is 0 Å². The topological polar surface area (TPSA) is 144 Å². The first kappa shape index (κ1) is 20.4. The fourth-order valence-corrected chi connectivity index (χ4v) is 0.178. The monoisotopic (exact) mass is 236 g/mol. The van der Waals surface area contributed by atoms with Crippen molar-refractivity contribution in [3.05, 3.63) is 0 Å². The van der Waals surface area contributed by atoms with Crippen LogP contribution >= 0.6 is 0 Å². The van der Waals surface area contributed by atoms with Crippen LogP contribution in [-0.2, 0) is 19.1 Å². The number of hydrogen-bond donors (Lipinski definition) is 3. The van der Waals surface area contributed by atoms with Gasteiger partial charge in [0.1, 0.15) is 0 Å². The van der Waals surface area contributed by atoms with E-state index in [1.807, 2.05) is 0 Å². The van der Waals surface area contributed by atoms with Gasteiger partial charge in [-0.1, -0.05) is 0 Å². The molecule has 8 nitrogen and oxygen atoms in total. The van der Waals surface area contributed by atoms with Gasteiger partial charge >= 0.3 is 44.5 Å². The third kappa shape index (κ3) is 15.5. The quantitative estimate of drug-likeness (QED) is 0.176. The Bertz CT molecular complexity index is 243. The molecule has 0 aromatic heterocycles. The molecule has 86 valence electrons. The summed E-state index contributed by atoms with van der Waals surface area (Å²) >= 11 is 0. The first-order valence-corrected chi connectivity index (χ1v) is 2.97. The molecule has 0 amide bonds. The Morgan fingerprint density at radius 1 is 1.19 bits per heavy atom. The number of carbonyl (C=O) groups is 3. The second-order valence-corrected chi connectivity index (χ2v) is 1.64. The normalized spacial score (nSPS) is 8.12. The van der Waals surface area contributed by atoms with E-state index in [-0.39, 0.29) is 18.9 Å². The van der Waals surface area contributed by atoms with Crippen molar-refractivity contribution in [3.8, 4) is 0 Å². The molecule has 0 saturated carbocycles. The van der Waals surface area contributed by atoms with Crippen LogP contribution < -0.4 is 24.0 Å². The summed E-state index contributed by atoms with van der Waals surface area (Å²) in [6.45, 7) is 0. The van der Waals surface area contributed by atoms with Crippen LogP contribution in [0.15, 0.2) is 0 Å². The van der Waals surface area contributed by atoms with Gasteiger partial charge in [0, 0.05) is 0 Å². The van der Waals surface area contributed by atoms with Crippen LogP contribution in [-0.4, -0.2) is 46.7 Å².